The molecule has 12 heavy (non-hydrogen) atoms. The third kappa shape index (κ3) is 2.46. The van der Waals surface area contributed by atoms with Gasteiger partial charge in [-0.15, -0.1) is 25.3 Å². The molecule has 0 bridgehead atoms. The largest absolute Gasteiger partial charge is 0.426 e. The third-order valence-corrected chi connectivity index (χ3v) is 1.82. The number of esters is 1. The number of rotatable bonds is 1. The first-order valence-corrected chi connectivity index (χ1v) is 4.19. The van der Waals surface area contributed by atoms with Crippen LogP contribution in [-0.4, -0.2) is 5.97 Å². The predicted molar refractivity (Wildman–Crippen MR) is 52.3 cm³/mol. The van der Waals surface area contributed by atoms with Gasteiger partial charge in [-0.3, -0.25) is 4.79 Å². The first-order chi connectivity index (χ1) is 5.59. The molecule has 64 valence electrons. The van der Waals surface area contributed by atoms with E-state index in [4.69, 9.17) is 4.74 Å². The van der Waals surface area contributed by atoms with Gasteiger partial charge >= 0.3 is 5.97 Å². The monoisotopic (exact) mass is 200 g/mol. The Hall–Kier alpha value is -0.610. The Morgan fingerprint density at radius 1 is 1.42 bits per heavy atom. The fourth-order valence-electron chi connectivity index (χ4n) is 0.747. The van der Waals surface area contributed by atoms with E-state index in [-0.39, 0.29) is 5.97 Å². The molecular weight excluding hydrogens is 192 g/mol. The number of thiol groups is 2. The minimum absolute atomic E-state index is 0.350. The number of hydrogen-bond acceptors (Lipinski definition) is 4. The van der Waals surface area contributed by atoms with E-state index >= 15 is 0 Å². The molecule has 0 aliphatic rings. The molecule has 0 radical (unpaired) electrons. The first kappa shape index (κ1) is 9.48. The first-order valence-electron chi connectivity index (χ1n) is 3.30. The molecule has 0 aliphatic heterocycles. The van der Waals surface area contributed by atoms with Gasteiger partial charge in [0.15, 0.2) is 0 Å². The highest BCUT2D eigenvalue weighted by Gasteiger charge is 2.02. The van der Waals surface area contributed by atoms with Gasteiger partial charge in [-0.1, -0.05) is 0 Å². The van der Waals surface area contributed by atoms with Gasteiger partial charge in [-0.25, -0.2) is 0 Å². The molecule has 0 heterocycles. The molecular formula is C8H8O2S2. The second-order valence-corrected chi connectivity index (χ2v) is 3.24. The Labute approximate surface area is 81.7 Å². The molecule has 0 aromatic heterocycles. The molecule has 1 aromatic rings. The molecule has 2 nitrogen and oxygen atoms in total. The summed E-state index contributed by atoms with van der Waals surface area (Å²) in [5.41, 5.74) is 0. The SMILES string of the molecule is CC(=O)Oc1ccc(S)cc1S. The van der Waals surface area contributed by atoms with Crippen molar-refractivity contribution in [1.29, 1.82) is 0 Å². The van der Waals surface area contributed by atoms with Crippen LogP contribution in [0.25, 0.3) is 0 Å². The second-order valence-electron chi connectivity index (χ2n) is 2.25. The zero-order valence-corrected chi connectivity index (χ0v) is 8.23. The Bertz CT molecular complexity index is 310. The van der Waals surface area contributed by atoms with Crippen LogP contribution in [0.15, 0.2) is 28.0 Å². The highest BCUT2D eigenvalue weighted by molar-refractivity contribution is 7.81. The van der Waals surface area contributed by atoms with E-state index in [1.54, 1.807) is 18.2 Å². The van der Waals surface area contributed by atoms with Gasteiger partial charge in [-0.05, 0) is 18.2 Å². The normalized spacial score (nSPS) is 9.58. The van der Waals surface area contributed by atoms with E-state index in [1.165, 1.54) is 6.92 Å². The highest BCUT2D eigenvalue weighted by Crippen LogP contribution is 2.25. The van der Waals surface area contributed by atoms with Crippen LogP contribution in [0.4, 0.5) is 0 Å². The maximum absolute atomic E-state index is 10.6. The van der Waals surface area contributed by atoms with Gasteiger partial charge in [0.2, 0.25) is 0 Å². The lowest BCUT2D eigenvalue weighted by Crippen LogP contribution is -2.01. The number of carbonyl (C=O) groups is 1. The topological polar surface area (TPSA) is 26.3 Å². The van der Waals surface area contributed by atoms with E-state index in [9.17, 15) is 4.79 Å². The van der Waals surface area contributed by atoms with E-state index in [2.05, 4.69) is 25.3 Å². The van der Waals surface area contributed by atoms with Gasteiger partial charge < -0.3 is 4.74 Å². The summed E-state index contributed by atoms with van der Waals surface area (Å²) >= 11 is 8.22. The van der Waals surface area contributed by atoms with E-state index < -0.39 is 0 Å². The van der Waals surface area contributed by atoms with Crippen LogP contribution < -0.4 is 4.74 Å². The van der Waals surface area contributed by atoms with Crippen molar-refractivity contribution < 1.29 is 9.53 Å². The maximum Gasteiger partial charge on any atom is 0.308 e. The van der Waals surface area contributed by atoms with Gasteiger partial charge in [0.1, 0.15) is 5.75 Å². The summed E-state index contributed by atoms with van der Waals surface area (Å²) in [5.74, 6) is 0.112. The van der Waals surface area contributed by atoms with Gasteiger partial charge in [0.25, 0.3) is 0 Å². The summed E-state index contributed by atoms with van der Waals surface area (Å²) < 4.78 is 4.85. The average molecular weight is 200 g/mol. The lowest BCUT2D eigenvalue weighted by molar-refractivity contribution is -0.132. The fraction of sp³-hybridized carbons (Fsp3) is 0.125. The minimum atomic E-state index is -0.350. The number of hydrogen-bond donors (Lipinski definition) is 2. The molecule has 4 heteroatoms. The van der Waals surface area contributed by atoms with Crippen LogP contribution in [0.2, 0.25) is 0 Å². The highest BCUT2D eigenvalue weighted by atomic mass is 32.1. The van der Waals surface area contributed by atoms with Crippen LogP contribution in [0.5, 0.6) is 5.75 Å². The Kier molecular flexibility index (Phi) is 3.05. The quantitative estimate of drug-likeness (QED) is 0.413. The van der Waals surface area contributed by atoms with Crippen molar-refractivity contribution in [2.45, 2.75) is 16.7 Å². The third-order valence-electron chi connectivity index (χ3n) is 1.20. The van der Waals surface area contributed by atoms with Crippen LogP contribution in [0.3, 0.4) is 0 Å². The Balaban J connectivity index is 2.93. The summed E-state index contributed by atoms with van der Waals surface area (Å²) in [6.45, 7) is 1.35. The lowest BCUT2D eigenvalue weighted by Gasteiger charge is -2.03. The zero-order chi connectivity index (χ0) is 9.14. The maximum atomic E-state index is 10.6. The van der Waals surface area contributed by atoms with E-state index in [0.717, 1.165) is 4.90 Å². The molecule has 0 saturated carbocycles. The summed E-state index contributed by atoms with van der Waals surface area (Å²) in [7, 11) is 0. The summed E-state index contributed by atoms with van der Waals surface area (Å²) in [6, 6.07) is 5.11. The van der Waals surface area contributed by atoms with Crippen LogP contribution >= 0.6 is 25.3 Å². The van der Waals surface area contributed by atoms with Crippen molar-refractivity contribution in [3.63, 3.8) is 0 Å². The number of ether oxygens (including phenoxy) is 1. The molecule has 0 saturated heterocycles. The molecule has 1 rings (SSSR count). The molecule has 0 unspecified atom stereocenters. The van der Waals surface area contributed by atoms with Crippen LogP contribution in [-0.2, 0) is 4.79 Å². The van der Waals surface area contributed by atoms with Crippen LogP contribution in [0.1, 0.15) is 6.92 Å². The number of carbonyl (C=O) groups excluding carboxylic acids is 1. The molecule has 1 aromatic carbocycles. The lowest BCUT2D eigenvalue weighted by atomic mass is 10.3. The van der Waals surface area contributed by atoms with Crippen molar-refractivity contribution >= 4 is 31.2 Å². The van der Waals surface area contributed by atoms with Crippen molar-refractivity contribution in [2.75, 3.05) is 0 Å². The van der Waals surface area contributed by atoms with E-state index in [1.807, 2.05) is 0 Å². The predicted octanol–water partition coefficient (Wildman–Crippen LogP) is 2.19. The fourth-order valence-corrected chi connectivity index (χ4v) is 1.31. The van der Waals surface area contributed by atoms with Gasteiger partial charge in [0.05, 0.1) is 0 Å². The Morgan fingerprint density at radius 3 is 2.58 bits per heavy atom. The minimum Gasteiger partial charge on any atom is -0.426 e. The molecule has 0 atom stereocenters. The zero-order valence-electron chi connectivity index (χ0n) is 6.44. The van der Waals surface area contributed by atoms with Crippen molar-refractivity contribution in [2.24, 2.45) is 0 Å². The molecule has 0 amide bonds. The van der Waals surface area contributed by atoms with E-state index in [0.29, 0.717) is 10.6 Å². The molecule has 0 fully saturated rings. The standard InChI is InChI=1S/C8H8O2S2/c1-5(9)10-7-3-2-6(11)4-8(7)12/h2-4,11-12H,1H3. The van der Waals surface area contributed by atoms with Crippen molar-refractivity contribution in [3.05, 3.63) is 18.2 Å². The van der Waals surface area contributed by atoms with Crippen LogP contribution in [0, 0.1) is 0 Å². The van der Waals surface area contributed by atoms with Crippen molar-refractivity contribution in [3.8, 4) is 5.75 Å². The average Bonchev–Trinajstić information content (AvgIpc) is 1.94. The molecule has 0 aliphatic carbocycles. The smallest absolute Gasteiger partial charge is 0.308 e. The van der Waals surface area contributed by atoms with Gasteiger partial charge in [-0.2, -0.15) is 0 Å². The van der Waals surface area contributed by atoms with Gasteiger partial charge in [0, 0.05) is 16.7 Å². The Morgan fingerprint density at radius 2 is 2.08 bits per heavy atom. The summed E-state index contributed by atoms with van der Waals surface area (Å²) in [6.07, 6.45) is 0. The molecule has 0 N–H and O–H groups in total. The summed E-state index contributed by atoms with van der Waals surface area (Å²) in [4.78, 5) is 12.0. The number of benzene rings is 1. The van der Waals surface area contributed by atoms with Crippen molar-refractivity contribution in [1.82, 2.24) is 0 Å². The second kappa shape index (κ2) is 3.87. The summed E-state index contributed by atoms with van der Waals surface area (Å²) in [5, 5.41) is 0. The molecule has 0 spiro atoms.